The molecule has 0 bridgehead atoms. The van der Waals surface area contributed by atoms with Crippen molar-refractivity contribution in [2.45, 2.75) is 10.8 Å². The second-order valence-electron chi connectivity index (χ2n) is 5.78. The molecule has 0 spiro atoms. The quantitative estimate of drug-likeness (QED) is 0.483. The van der Waals surface area contributed by atoms with E-state index in [-0.39, 0.29) is 11.2 Å². The number of nitriles is 1. The molecule has 0 amide bonds. The minimum atomic E-state index is -0.502. The maximum Gasteiger partial charge on any atom is 0.373 e. The molecule has 138 valence electrons. The topological polar surface area (TPSA) is 98.1 Å². The van der Waals surface area contributed by atoms with Crippen LogP contribution in [-0.4, -0.2) is 31.7 Å². The number of methoxy groups -OCH3 is 1. The highest BCUT2D eigenvalue weighted by molar-refractivity contribution is 7.98. The summed E-state index contributed by atoms with van der Waals surface area (Å²) in [6.45, 7) is 0. The van der Waals surface area contributed by atoms with E-state index in [0.717, 1.165) is 14.8 Å². The molecular formula is C19H14N6O2S. The number of aromatic nitrogens is 5. The van der Waals surface area contributed by atoms with Gasteiger partial charge in [-0.05, 0) is 29.8 Å². The summed E-state index contributed by atoms with van der Waals surface area (Å²) in [7, 11) is 1.56. The van der Waals surface area contributed by atoms with Gasteiger partial charge in [-0.2, -0.15) is 19.6 Å². The number of nitrogens with zero attached hydrogens (tertiary/aromatic N) is 6. The minimum absolute atomic E-state index is 0.146. The van der Waals surface area contributed by atoms with Gasteiger partial charge in [0.15, 0.2) is 0 Å². The number of benzene rings is 2. The molecule has 4 rings (SSSR count). The lowest BCUT2D eigenvalue weighted by molar-refractivity contribution is 0.414. The van der Waals surface area contributed by atoms with Crippen LogP contribution in [0.4, 0.5) is 0 Å². The first kappa shape index (κ1) is 17.8. The molecule has 2 heterocycles. The molecule has 0 aliphatic carbocycles. The number of rotatable bonds is 5. The normalized spacial score (nSPS) is 10.7. The monoisotopic (exact) mass is 390 g/mol. The Bertz CT molecular complexity index is 1230. The van der Waals surface area contributed by atoms with E-state index in [1.807, 2.05) is 30.3 Å². The van der Waals surface area contributed by atoms with E-state index in [9.17, 15) is 10.1 Å². The Labute approximate surface area is 164 Å². The molecule has 2 aromatic heterocycles. The van der Waals surface area contributed by atoms with E-state index in [2.05, 4.69) is 21.5 Å². The lowest BCUT2D eigenvalue weighted by Crippen LogP contribution is -2.29. The Morgan fingerprint density at radius 1 is 1.14 bits per heavy atom. The van der Waals surface area contributed by atoms with Crippen LogP contribution in [0.1, 0.15) is 11.1 Å². The molecular weight excluding hydrogens is 376 g/mol. The van der Waals surface area contributed by atoms with Gasteiger partial charge < -0.3 is 4.74 Å². The van der Waals surface area contributed by atoms with E-state index >= 15 is 0 Å². The van der Waals surface area contributed by atoms with Gasteiger partial charge in [0, 0.05) is 5.75 Å². The molecule has 0 unspecified atom stereocenters. The number of hydrogen-bond acceptors (Lipinski definition) is 7. The van der Waals surface area contributed by atoms with Crippen molar-refractivity contribution in [1.29, 1.82) is 5.26 Å². The Kier molecular flexibility index (Phi) is 4.78. The molecule has 0 N–H and O–H groups in total. The summed E-state index contributed by atoms with van der Waals surface area (Å²) < 4.78 is 7.37. The summed E-state index contributed by atoms with van der Waals surface area (Å²) >= 11 is 1.38. The van der Waals surface area contributed by atoms with Crippen molar-refractivity contribution in [3.8, 4) is 17.5 Å². The van der Waals surface area contributed by atoms with E-state index in [1.54, 1.807) is 31.4 Å². The second-order valence-corrected chi connectivity index (χ2v) is 6.75. The van der Waals surface area contributed by atoms with E-state index in [0.29, 0.717) is 22.2 Å². The molecule has 0 radical (unpaired) electrons. The second kappa shape index (κ2) is 7.54. The van der Waals surface area contributed by atoms with Gasteiger partial charge in [-0.15, -0.1) is 5.10 Å². The maximum absolute atomic E-state index is 12.9. The first-order chi connectivity index (χ1) is 13.7. The molecule has 0 atom stereocenters. The molecule has 0 aliphatic heterocycles. The molecule has 0 aliphatic rings. The molecule has 0 saturated carbocycles. The lowest BCUT2D eigenvalue weighted by atomic mass is 10.2. The molecule has 0 saturated heterocycles. The highest BCUT2D eigenvalue weighted by Crippen LogP contribution is 2.26. The first-order valence-electron chi connectivity index (χ1n) is 8.31. The van der Waals surface area contributed by atoms with E-state index in [1.165, 1.54) is 11.8 Å². The van der Waals surface area contributed by atoms with Crippen LogP contribution in [0.3, 0.4) is 0 Å². The number of thioether (sulfide) groups is 1. The average molecular weight is 390 g/mol. The predicted molar refractivity (Wildman–Crippen MR) is 104 cm³/mol. The van der Waals surface area contributed by atoms with Crippen LogP contribution >= 0.6 is 11.8 Å². The molecule has 28 heavy (non-hydrogen) atoms. The van der Waals surface area contributed by atoms with Gasteiger partial charge in [0.1, 0.15) is 22.4 Å². The Hall–Kier alpha value is -3.64. The average Bonchev–Trinajstić information content (AvgIpc) is 3.12. The van der Waals surface area contributed by atoms with Crippen LogP contribution in [0, 0.1) is 11.3 Å². The van der Waals surface area contributed by atoms with Gasteiger partial charge in [-0.25, -0.2) is 4.79 Å². The van der Waals surface area contributed by atoms with E-state index in [4.69, 9.17) is 4.74 Å². The lowest BCUT2D eigenvalue weighted by Gasteiger charge is -2.04. The summed E-state index contributed by atoms with van der Waals surface area (Å²) in [5.41, 5.74) is 1.50. The van der Waals surface area contributed by atoms with Gasteiger partial charge in [-0.3, -0.25) is 0 Å². The summed E-state index contributed by atoms with van der Waals surface area (Å²) in [6, 6.07) is 18.7. The standard InChI is InChI=1S/C19H14N6O2S/c1-27-15-9-7-14(8-10-15)24-19(26)25-17(21-23-24)16(11-20)18(22-25)28-12-13-5-3-2-4-6-13/h2-10H,12H2,1H3. The zero-order valence-corrected chi connectivity index (χ0v) is 15.6. The van der Waals surface area contributed by atoms with Crippen molar-refractivity contribution in [1.82, 2.24) is 24.6 Å². The van der Waals surface area contributed by atoms with Crippen molar-refractivity contribution >= 4 is 17.4 Å². The fourth-order valence-corrected chi connectivity index (χ4v) is 3.56. The predicted octanol–water partition coefficient (Wildman–Crippen LogP) is 2.45. The van der Waals surface area contributed by atoms with Crippen molar-refractivity contribution in [3.63, 3.8) is 0 Å². The summed E-state index contributed by atoms with van der Waals surface area (Å²) in [4.78, 5) is 12.9. The minimum Gasteiger partial charge on any atom is -0.497 e. The summed E-state index contributed by atoms with van der Waals surface area (Å²) in [5, 5.41) is 22.3. The third-order valence-corrected chi connectivity index (χ3v) is 5.10. The van der Waals surface area contributed by atoms with E-state index < -0.39 is 5.69 Å². The third kappa shape index (κ3) is 3.21. The van der Waals surface area contributed by atoms with Crippen LogP contribution in [0.5, 0.6) is 5.75 Å². The molecule has 0 fully saturated rings. The van der Waals surface area contributed by atoms with Gasteiger partial charge >= 0.3 is 5.69 Å². The summed E-state index contributed by atoms with van der Waals surface area (Å²) in [5.74, 6) is 1.29. The van der Waals surface area contributed by atoms with Gasteiger partial charge in [0.2, 0.25) is 5.65 Å². The van der Waals surface area contributed by atoms with Crippen molar-refractivity contribution in [2.24, 2.45) is 0 Å². The molecule has 9 heteroatoms. The van der Waals surface area contributed by atoms with Crippen molar-refractivity contribution in [3.05, 3.63) is 76.2 Å². The van der Waals surface area contributed by atoms with Crippen LogP contribution < -0.4 is 10.4 Å². The number of fused-ring (bicyclic) bond motifs is 1. The maximum atomic E-state index is 12.9. The Morgan fingerprint density at radius 2 is 1.89 bits per heavy atom. The van der Waals surface area contributed by atoms with Gasteiger partial charge in [0.25, 0.3) is 0 Å². The zero-order chi connectivity index (χ0) is 19.5. The Balaban J connectivity index is 1.74. The van der Waals surface area contributed by atoms with Crippen LogP contribution in [0.2, 0.25) is 0 Å². The van der Waals surface area contributed by atoms with Crippen LogP contribution in [0.15, 0.2) is 64.4 Å². The first-order valence-corrected chi connectivity index (χ1v) is 9.30. The molecule has 8 nitrogen and oxygen atoms in total. The summed E-state index contributed by atoms with van der Waals surface area (Å²) in [6.07, 6.45) is 0. The van der Waals surface area contributed by atoms with Gasteiger partial charge in [0.05, 0.1) is 12.8 Å². The van der Waals surface area contributed by atoms with Gasteiger partial charge in [-0.1, -0.05) is 47.3 Å². The Morgan fingerprint density at radius 3 is 2.57 bits per heavy atom. The molecule has 4 aromatic rings. The van der Waals surface area contributed by atoms with Crippen LogP contribution in [0.25, 0.3) is 11.3 Å². The third-order valence-electron chi connectivity index (χ3n) is 4.07. The highest BCUT2D eigenvalue weighted by Gasteiger charge is 2.18. The van der Waals surface area contributed by atoms with Crippen LogP contribution in [-0.2, 0) is 5.75 Å². The smallest absolute Gasteiger partial charge is 0.373 e. The fourth-order valence-electron chi connectivity index (χ4n) is 2.64. The SMILES string of the molecule is COc1ccc(-n2nnc3c(C#N)c(SCc4ccccc4)nn3c2=O)cc1. The zero-order valence-electron chi connectivity index (χ0n) is 14.8. The van der Waals surface area contributed by atoms with Crippen molar-refractivity contribution < 1.29 is 4.74 Å². The fraction of sp³-hybridized carbons (Fsp3) is 0.105. The van der Waals surface area contributed by atoms with Crippen molar-refractivity contribution in [2.75, 3.05) is 7.11 Å². The largest absolute Gasteiger partial charge is 0.497 e. The number of hydrogen-bond donors (Lipinski definition) is 0. The number of ether oxygens (including phenoxy) is 1. The highest BCUT2D eigenvalue weighted by atomic mass is 32.2. The molecule has 2 aromatic carbocycles.